The minimum Gasteiger partial charge on any atom is -0.508 e. The summed E-state index contributed by atoms with van der Waals surface area (Å²) >= 11 is 0. The zero-order chi connectivity index (χ0) is 87.8. The maximum atomic E-state index is 14.5. The van der Waals surface area contributed by atoms with Crippen molar-refractivity contribution in [2.45, 2.75) is 66.6 Å². The highest BCUT2D eigenvalue weighted by molar-refractivity contribution is 5.99. The number of aromatic nitrogens is 13. The van der Waals surface area contributed by atoms with Gasteiger partial charge < -0.3 is 35.6 Å². The number of aryl methyl sites for hydroxylation is 4. The molecular formula is C101H84F2N16O7. The van der Waals surface area contributed by atoms with Gasteiger partial charge in [-0.2, -0.15) is 0 Å². The zero-order valence-electron chi connectivity index (χ0n) is 70.0. The molecule has 0 radical (unpaired) electrons. The van der Waals surface area contributed by atoms with Crippen LogP contribution in [-0.2, 0) is 0 Å². The molecule has 0 aliphatic carbocycles. The number of fused-ring (bicyclic) bond motifs is 3. The quantitative estimate of drug-likeness (QED) is 0.0474. The summed E-state index contributed by atoms with van der Waals surface area (Å²) in [6, 6.07) is 76.1. The van der Waals surface area contributed by atoms with Crippen molar-refractivity contribution in [2.24, 2.45) is 0 Å². The molecule has 0 spiro atoms. The molecule has 624 valence electrons. The number of methoxy groups -OCH3 is 2. The average molecular weight is 1670 g/mol. The van der Waals surface area contributed by atoms with Crippen LogP contribution in [0.5, 0.6) is 23.3 Å². The lowest BCUT2D eigenvalue weighted by Gasteiger charge is -2.23. The number of anilines is 3. The molecule has 0 amide bonds. The van der Waals surface area contributed by atoms with E-state index in [-0.39, 0.29) is 28.5 Å². The van der Waals surface area contributed by atoms with Gasteiger partial charge in [0.05, 0.1) is 59.8 Å². The number of benzene rings is 8. The van der Waals surface area contributed by atoms with E-state index >= 15 is 0 Å². The molecular weight excluding hydrogens is 1590 g/mol. The molecule has 25 heteroatoms. The van der Waals surface area contributed by atoms with E-state index in [0.717, 1.165) is 89.6 Å². The second kappa shape index (κ2) is 36.6. The first-order valence-electron chi connectivity index (χ1n) is 40.5. The van der Waals surface area contributed by atoms with E-state index in [4.69, 9.17) is 14.5 Å². The molecule has 23 nitrogen and oxygen atoms in total. The number of phenolic OH excluding ortho intramolecular Hbond substituents is 2. The van der Waals surface area contributed by atoms with Crippen LogP contribution in [0.3, 0.4) is 0 Å². The normalized spacial score (nSPS) is 11.8. The van der Waals surface area contributed by atoms with E-state index in [0.29, 0.717) is 102 Å². The van der Waals surface area contributed by atoms with Crippen LogP contribution in [0.4, 0.5) is 26.2 Å². The highest BCUT2D eigenvalue weighted by atomic mass is 19.1. The number of nitrogens with zero attached hydrogens (tertiary/aromatic N) is 13. The Balaban J connectivity index is 0.000000139. The molecule has 5 N–H and O–H groups in total. The summed E-state index contributed by atoms with van der Waals surface area (Å²) in [6.07, 6.45) is 11.8. The van der Waals surface area contributed by atoms with E-state index in [1.54, 1.807) is 91.2 Å². The van der Waals surface area contributed by atoms with Crippen LogP contribution < -0.4 is 42.1 Å². The van der Waals surface area contributed by atoms with Crippen molar-refractivity contribution in [1.29, 1.82) is 0 Å². The Morgan fingerprint density at radius 3 is 1.13 bits per heavy atom. The van der Waals surface area contributed by atoms with Crippen molar-refractivity contribution >= 4 is 49.8 Å². The third kappa shape index (κ3) is 17.6. The summed E-state index contributed by atoms with van der Waals surface area (Å²) in [6.45, 7) is 13.2. The Hall–Kier alpha value is -16.3. The monoisotopic (exact) mass is 1670 g/mol. The van der Waals surface area contributed by atoms with Crippen LogP contribution in [0.2, 0.25) is 0 Å². The predicted molar refractivity (Wildman–Crippen MR) is 490 cm³/mol. The lowest BCUT2D eigenvalue weighted by molar-refractivity contribution is 0.398. The molecule has 18 aromatic rings. The zero-order valence-corrected chi connectivity index (χ0v) is 70.0. The Bertz CT molecular complexity index is 7290. The molecule has 126 heavy (non-hydrogen) atoms. The molecule has 0 aliphatic heterocycles. The smallest absolute Gasteiger partial charge is 0.263 e. The number of halogens is 2. The first kappa shape index (κ1) is 83.3. The van der Waals surface area contributed by atoms with Gasteiger partial charge in [0.2, 0.25) is 11.8 Å². The number of ether oxygens (including phenoxy) is 2. The predicted octanol–water partition coefficient (Wildman–Crippen LogP) is 20.4. The minimum atomic E-state index is -0.715. The fourth-order valence-corrected chi connectivity index (χ4v) is 15.6. The topological polar surface area (TPSA) is 290 Å². The molecule has 18 rings (SSSR count). The van der Waals surface area contributed by atoms with Gasteiger partial charge in [0.25, 0.3) is 16.7 Å². The molecule has 0 fully saturated rings. The maximum Gasteiger partial charge on any atom is 0.263 e. The first-order chi connectivity index (χ1) is 61.1. The van der Waals surface area contributed by atoms with Crippen molar-refractivity contribution < 1.29 is 28.5 Å². The van der Waals surface area contributed by atoms with Crippen molar-refractivity contribution in [1.82, 2.24) is 63.5 Å². The highest BCUT2D eigenvalue weighted by Crippen LogP contribution is 2.40. The van der Waals surface area contributed by atoms with Gasteiger partial charge in [0.1, 0.15) is 46.5 Å². The van der Waals surface area contributed by atoms with E-state index in [2.05, 4.69) is 66.9 Å². The number of nitrogens with one attached hydrogen (secondary N) is 3. The molecule has 3 atom stereocenters. The van der Waals surface area contributed by atoms with Crippen LogP contribution in [-0.4, -0.2) is 88.0 Å². The summed E-state index contributed by atoms with van der Waals surface area (Å²) in [5, 5.41) is 34.7. The third-order valence-electron chi connectivity index (χ3n) is 21.5. The van der Waals surface area contributed by atoms with Gasteiger partial charge in [-0.05, 0) is 224 Å². The van der Waals surface area contributed by atoms with Crippen LogP contribution in [0.15, 0.2) is 313 Å². The number of aromatic hydroxyl groups is 2. The number of pyridine rings is 7. The summed E-state index contributed by atoms with van der Waals surface area (Å²) in [5.74, 6) is 2.26. The Labute approximate surface area is 722 Å². The molecule has 8 aromatic carbocycles. The molecule has 0 unspecified atom stereocenters. The van der Waals surface area contributed by atoms with E-state index in [1.807, 2.05) is 247 Å². The molecule has 10 aromatic heterocycles. The van der Waals surface area contributed by atoms with Crippen LogP contribution >= 0.6 is 0 Å². The maximum absolute atomic E-state index is 14.5. The molecule has 0 aliphatic rings. The molecule has 10 heterocycles. The second-order valence-corrected chi connectivity index (χ2v) is 30.0. The van der Waals surface area contributed by atoms with E-state index < -0.39 is 29.5 Å². The average Bonchev–Trinajstić information content (AvgIpc) is 0.756. The molecule has 0 saturated carbocycles. The summed E-state index contributed by atoms with van der Waals surface area (Å²) in [5.41, 5.74) is 13.5. The largest absolute Gasteiger partial charge is 0.508 e. The van der Waals surface area contributed by atoms with Crippen molar-refractivity contribution in [2.75, 3.05) is 30.2 Å². The number of hydrogen-bond donors (Lipinski definition) is 5. The van der Waals surface area contributed by atoms with Crippen LogP contribution in [0.1, 0.15) is 79.1 Å². The van der Waals surface area contributed by atoms with Gasteiger partial charge in [-0.1, -0.05) is 121 Å². The lowest BCUT2D eigenvalue weighted by Crippen LogP contribution is -2.26. The van der Waals surface area contributed by atoms with E-state index in [9.17, 15) is 33.4 Å². The van der Waals surface area contributed by atoms with Gasteiger partial charge in [0.15, 0.2) is 11.6 Å². The van der Waals surface area contributed by atoms with Crippen molar-refractivity contribution in [3.63, 3.8) is 0 Å². The lowest BCUT2D eigenvalue weighted by atomic mass is 9.98. The van der Waals surface area contributed by atoms with E-state index in [1.165, 1.54) is 24.3 Å². The standard InChI is InChI=1S/C34H28FN5O3.C34H28FN5O2.C33H28N6O2/c1-20(38-33-27(19-37-21(2)39-33)22-12-13-28(35)30(41)17-22)29-16-24-8-7-11-26(23-14-15-36-31(18-23)43-3)32(24)34(42)40(29)25-9-5-4-6-10-25;1-20-14-23(12-13-36-20)29-11-7-8-24-17-31(40(34(42)32(24)29)27-9-5-4-6-10-27)21(2)38-33-30(19-37-22(3)39-33)25-15-26(35)18-28(41)16-25;1-21(37-32-27(20-36-22(2)38-32)28-14-7-8-16-34-28)29-18-24-10-9-13-26(23-15-17-35-30(19-23)41-3)31(24)33(40)39(29)25-11-5-4-6-12-25/h4-20,41H,1-3H3,(H,37,38,39);4-19,21,41H,1-3H3,(H,37,38,39);4-21H,1-3H3,(H,36,37,38)/t20-;2*21-/m000/s1. The number of rotatable bonds is 20. The van der Waals surface area contributed by atoms with Crippen LogP contribution in [0, 0.1) is 39.3 Å². The summed E-state index contributed by atoms with van der Waals surface area (Å²) in [7, 11) is 3.14. The minimum absolute atomic E-state index is 0.118. The van der Waals surface area contributed by atoms with Gasteiger partial charge >= 0.3 is 0 Å². The Morgan fingerprint density at radius 2 is 0.738 bits per heavy atom. The van der Waals surface area contributed by atoms with Crippen molar-refractivity contribution in [3.05, 3.63) is 381 Å². The van der Waals surface area contributed by atoms with Gasteiger partial charge in [-0.3, -0.25) is 38.1 Å². The Kier molecular flexibility index (Phi) is 24.2. The first-order valence-corrected chi connectivity index (χ1v) is 40.5. The van der Waals surface area contributed by atoms with Crippen LogP contribution in [0.25, 0.3) is 116 Å². The summed E-state index contributed by atoms with van der Waals surface area (Å²) in [4.78, 5) is 87.6. The number of hydrogen-bond acceptors (Lipinski definition) is 20. The summed E-state index contributed by atoms with van der Waals surface area (Å²) < 4.78 is 43.9. The molecule has 0 saturated heterocycles. The SMILES string of the molecule is COc1cc(-c2cccc3cc([C@H](C)Nc4nc(C)ncc4-c4ccc(F)c(O)c4)n(-c4ccccc4)c(=O)c23)ccn1.COc1cc(-c2cccc3cc([C@H](C)Nc4nc(C)ncc4-c4ccccn4)n(-c4ccccc4)c(=O)c23)ccn1.Cc1cc(-c2cccc3cc([C@H](C)Nc4nc(C)ncc4-c4cc(O)cc(F)c4)n(-c4ccccc4)c(=O)c23)ccn1. The fourth-order valence-electron chi connectivity index (χ4n) is 15.6. The fraction of sp³-hybridized carbons (Fsp3) is 0.119. The highest BCUT2D eigenvalue weighted by Gasteiger charge is 2.27. The third-order valence-corrected chi connectivity index (χ3v) is 21.5. The Morgan fingerprint density at radius 1 is 0.349 bits per heavy atom. The second-order valence-electron chi connectivity index (χ2n) is 30.0. The van der Waals surface area contributed by atoms with Gasteiger partial charge in [-0.15, -0.1) is 0 Å². The van der Waals surface area contributed by atoms with Crippen molar-refractivity contribution in [3.8, 4) is 107 Å². The molecule has 0 bridgehead atoms. The van der Waals surface area contributed by atoms with Gasteiger partial charge in [-0.25, -0.2) is 48.7 Å². The van der Waals surface area contributed by atoms with Gasteiger partial charge in [0, 0.05) is 113 Å². The number of para-hydroxylation sites is 3. The number of phenols is 2.